The number of nitrogens with one attached hydrogen (secondary N) is 1. The molecule has 0 aliphatic heterocycles. The minimum atomic E-state index is -0.407. The normalized spacial score (nSPS) is 13.4. The Morgan fingerprint density at radius 2 is 1.75 bits per heavy atom. The Morgan fingerprint density at radius 3 is 2.29 bits per heavy atom. The molecule has 0 saturated heterocycles. The van der Waals surface area contributed by atoms with Gasteiger partial charge in [-0.2, -0.15) is 0 Å². The lowest BCUT2D eigenvalue weighted by Crippen LogP contribution is -2.30. The Balaban J connectivity index is 2.51. The number of hydrogen-bond acceptors (Lipinski definition) is 4. The third-order valence-electron chi connectivity index (χ3n) is 5.36. The molecule has 0 bridgehead atoms. The highest BCUT2D eigenvalue weighted by Gasteiger charge is 2.26. The summed E-state index contributed by atoms with van der Waals surface area (Å²) in [6.07, 6.45) is 6.66. The standard InChI is InChI=1S/C24H37NO3/c1-8-22(25-17-15-20-11-13-21(27)14-12-20)28-23(4,5)16-9-10-18(2)24(6,7)19(3)26/h8,10-14,25,27H,9,15-17H2,1-7H3/b18-10-,22-8+. The lowest BCUT2D eigenvalue weighted by atomic mass is 9.81. The monoisotopic (exact) mass is 387 g/mol. The van der Waals surface area contributed by atoms with Gasteiger partial charge in [-0.1, -0.05) is 23.8 Å². The summed E-state index contributed by atoms with van der Waals surface area (Å²) < 4.78 is 6.17. The number of ketones is 1. The van der Waals surface area contributed by atoms with Crippen molar-refractivity contribution in [2.45, 2.75) is 73.3 Å². The van der Waals surface area contributed by atoms with Crippen molar-refractivity contribution < 1.29 is 14.6 Å². The zero-order valence-corrected chi connectivity index (χ0v) is 18.6. The second-order valence-electron chi connectivity index (χ2n) is 8.46. The predicted octanol–water partition coefficient (Wildman–Crippen LogP) is 5.52. The smallest absolute Gasteiger partial charge is 0.182 e. The maximum absolute atomic E-state index is 11.8. The summed E-state index contributed by atoms with van der Waals surface area (Å²) in [5.74, 6) is 1.24. The molecule has 4 heteroatoms. The number of aromatic hydroxyl groups is 1. The van der Waals surface area contributed by atoms with Crippen molar-refractivity contribution in [3.63, 3.8) is 0 Å². The van der Waals surface area contributed by atoms with E-state index < -0.39 is 5.41 Å². The van der Waals surface area contributed by atoms with Crippen LogP contribution in [0.25, 0.3) is 0 Å². The quantitative estimate of drug-likeness (QED) is 0.387. The van der Waals surface area contributed by atoms with E-state index >= 15 is 0 Å². The van der Waals surface area contributed by atoms with Crippen LogP contribution in [0.5, 0.6) is 5.75 Å². The van der Waals surface area contributed by atoms with Crippen LogP contribution in [0.2, 0.25) is 0 Å². The molecule has 0 radical (unpaired) electrons. The fourth-order valence-corrected chi connectivity index (χ4v) is 2.71. The third kappa shape index (κ3) is 7.79. The minimum Gasteiger partial charge on any atom is -0.508 e. The number of ether oxygens (including phenoxy) is 1. The van der Waals surface area contributed by atoms with Crippen molar-refractivity contribution in [1.29, 1.82) is 0 Å². The minimum absolute atomic E-state index is 0.186. The first kappa shape index (κ1) is 23.8. The van der Waals surface area contributed by atoms with E-state index in [2.05, 4.69) is 25.2 Å². The molecular formula is C24H37NO3. The van der Waals surface area contributed by atoms with Gasteiger partial charge in [0.1, 0.15) is 17.1 Å². The molecule has 0 saturated carbocycles. The van der Waals surface area contributed by atoms with Gasteiger partial charge in [0, 0.05) is 12.0 Å². The van der Waals surface area contributed by atoms with Crippen LogP contribution in [0.15, 0.2) is 47.9 Å². The van der Waals surface area contributed by atoms with E-state index in [1.54, 1.807) is 19.1 Å². The number of rotatable bonds is 11. The molecule has 0 amide bonds. The van der Waals surface area contributed by atoms with Gasteiger partial charge < -0.3 is 15.2 Å². The van der Waals surface area contributed by atoms with Crippen LogP contribution < -0.4 is 5.32 Å². The lowest BCUT2D eigenvalue weighted by molar-refractivity contribution is -0.123. The topological polar surface area (TPSA) is 58.6 Å². The second kappa shape index (κ2) is 10.4. The predicted molar refractivity (Wildman–Crippen MR) is 116 cm³/mol. The molecule has 0 heterocycles. The van der Waals surface area contributed by atoms with Crippen LogP contribution >= 0.6 is 0 Å². The summed E-state index contributed by atoms with van der Waals surface area (Å²) >= 11 is 0. The van der Waals surface area contributed by atoms with Gasteiger partial charge in [0.2, 0.25) is 0 Å². The molecule has 1 rings (SSSR count). The van der Waals surface area contributed by atoms with E-state index in [0.29, 0.717) is 0 Å². The van der Waals surface area contributed by atoms with Gasteiger partial charge in [-0.3, -0.25) is 4.79 Å². The molecule has 0 aromatic heterocycles. The van der Waals surface area contributed by atoms with Crippen molar-refractivity contribution in [3.05, 3.63) is 53.4 Å². The molecule has 28 heavy (non-hydrogen) atoms. The fourth-order valence-electron chi connectivity index (χ4n) is 2.71. The summed E-state index contributed by atoms with van der Waals surface area (Å²) in [5, 5.41) is 12.7. The van der Waals surface area contributed by atoms with Gasteiger partial charge in [0.25, 0.3) is 0 Å². The third-order valence-corrected chi connectivity index (χ3v) is 5.36. The van der Waals surface area contributed by atoms with Crippen molar-refractivity contribution >= 4 is 5.78 Å². The Labute approximate surface area is 170 Å². The molecule has 0 aliphatic carbocycles. The van der Waals surface area contributed by atoms with Gasteiger partial charge in [-0.05, 0) is 91.5 Å². The maximum Gasteiger partial charge on any atom is 0.182 e. The second-order valence-corrected chi connectivity index (χ2v) is 8.46. The first-order chi connectivity index (χ1) is 13.0. The van der Waals surface area contributed by atoms with Crippen molar-refractivity contribution in [2.24, 2.45) is 5.41 Å². The summed E-state index contributed by atoms with van der Waals surface area (Å²) in [7, 11) is 0. The largest absolute Gasteiger partial charge is 0.508 e. The Kier molecular flexibility index (Phi) is 8.80. The van der Waals surface area contributed by atoms with E-state index in [-0.39, 0.29) is 17.1 Å². The van der Waals surface area contributed by atoms with E-state index in [9.17, 15) is 9.90 Å². The molecule has 0 unspecified atom stereocenters. The van der Waals surface area contributed by atoms with E-state index in [1.807, 2.05) is 45.9 Å². The number of hydrogen-bond donors (Lipinski definition) is 2. The Hall–Kier alpha value is -2.23. The lowest BCUT2D eigenvalue weighted by Gasteiger charge is -2.29. The van der Waals surface area contributed by atoms with Gasteiger partial charge in [0.15, 0.2) is 5.88 Å². The van der Waals surface area contributed by atoms with Crippen LogP contribution in [-0.2, 0) is 16.0 Å². The average Bonchev–Trinajstić information content (AvgIpc) is 2.61. The molecule has 0 atom stereocenters. The number of carbonyl (C=O) groups is 1. The molecule has 4 nitrogen and oxygen atoms in total. The highest BCUT2D eigenvalue weighted by Crippen LogP contribution is 2.28. The summed E-state index contributed by atoms with van der Waals surface area (Å²) in [5.41, 5.74) is 1.54. The van der Waals surface area contributed by atoms with Crippen LogP contribution in [-0.4, -0.2) is 23.0 Å². The Bertz CT molecular complexity index is 697. The van der Waals surface area contributed by atoms with Gasteiger partial charge in [0.05, 0.1) is 0 Å². The number of phenolic OH excluding ortho intramolecular Hbond substituents is 1. The highest BCUT2D eigenvalue weighted by molar-refractivity contribution is 5.84. The summed E-state index contributed by atoms with van der Waals surface area (Å²) in [6, 6.07) is 7.26. The number of Topliss-reactive ketones (excluding diaryl/α,β-unsaturated/α-hetero) is 1. The Morgan fingerprint density at radius 1 is 1.14 bits per heavy atom. The first-order valence-corrected chi connectivity index (χ1v) is 10.0. The molecule has 2 N–H and O–H groups in total. The molecule has 0 fully saturated rings. The molecule has 156 valence electrons. The van der Waals surface area contributed by atoms with Gasteiger partial charge in [-0.15, -0.1) is 0 Å². The maximum atomic E-state index is 11.8. The number of benzene rings is 1. The van der Waals surface area contributed by atoms with Crippen LogP contribution in [0.3, 0.4) is 0 Å². The van der Waals surface area contributed by atoms with Crippen molar-refractivity contribution in [3.8, 4) is 5.75 Å². The van der Waals surface area contributed by atoms with Crippen LogP contribution in [0, 0.1) is 5.41 Å². The summed E-state index contributed by atoms with van der Waals surface area (Å²) in [6.45, 7) is 14.5. The van der Waals surface area contributed by atoms with Crippen LogP contribution in [0.1, 0.15) is 66.9 Å². The highest BCUT2D eigenvalue weighted by atomic mass is 16.5. The van der Waals surface area contributed by atoms with Gasteiger partial charge >= 0.3 is 0 Å². The molecule has 1 aromatic carbocycles. The zero-order chi connectivity index (χ0) is 21.4. The summed E-state index contributed by atoms with van der Waals surface area (Å²) in [4.78, 5) is 11.8. The SMILES string of the molecule is C/C=C(\NCCc1ccc(O)cc1)OC(C)(C)CC/C=C(/C)C(C)(C)C(C)=O. The zero-order valence-electron chi connectivity index (χ0n) is 18.6. The first-order valence-electron chi connectivity index (χ1n) is 10.0. The molecule has 0 aliphatic rings. The molecular weight excluding hydrogens is 350 g/mol. The number of phenols is 1. The molecule has 0 spiro atoms. The number of allylic oxidation sites excluding steroid dienone is 3. The van der Waals surface area contributed by atoms with Crippen molar-refractivity contribution in [1.82, 2.24) is 5.32 Å². The van der Waals surface area contributed by atoms with Gasteiger partial charge in [-0.25, -0.2) is 0 Å². The van der Waals surface area contributed by atoms with E-state index in [4.69, 9.17) is 4.74 Å². The fraction of sp³-hybridized carbons (Fsp3) is 0.542. The number of carbonyl (C=O) groups excluding carboxylic acids is 1. The van der Waals surface area contributed by atoms with E-state index in [0.717, 1.165) is 42.8 Å². The molecule has 1 aromatic rings. The average molecular weight is 388 g/mol. The van der Waals surface area contributed by atoms with E-state index in [1.165, 1.54) is 0 Å². The van der Waals surface area contributed by atoms with Crippen molar-refractivity contribution in [2.75, 3.05) is 6.54 Å². The van der Waals surface area contributed by atoms with Crippen LogP contribution in [0.4, 0.5) is 0 Å².